The van der Waals surface area contributed by atoms with Crippen LogP contribution in [-0.4, -0.2) is 10.9 Å². The molecule has 2 aromatic heterocycles. The van der Waals surface area contributed by atoms with Crippen molar-refractivity contribution in [2.24, 2.45) is 0 Å². The van der Waals surface area contributed by atoms with E-state index in [2.05, 4.69) is 131 Å². The predicted molar refractivity (Wildman–Crippen MR) is 148 cm³/mol. The molecule has 0 atom stereocenters. The van der Waals surface area contributed by atoms with Crippen molar-refractivity contribution < 1.29 is 4.48 Å². The number of fused-ring (bicyclic) bond motifs is 7. The fourth-order valence-corrected chi connectivity index (χ4v) is 6.09. The number of aromatic nitrogens is 2. The number of hydrogen-bond acceptors (Lipinski definition) is 0. The number of rotatable bonds is 0. The molecule has 0 saturated carbocycles. The maximum absolute atomic E-state index is 2.64. The van der Waals surface area contributed by atoms with E-state index >= 15 is 0 Å². The van der Waals surface area contributed by atoms with E-state index in [0.717, 1.165) is 0 Å². The summed E-state index contributed by atoms with van der Waals surface area (Å²) in [4.78, 5) is 0. The first-order chi connectivity index (χ1) is 15.9. The maximum Gasteiger partial charge on any atom is 0.373 e. The average Bonchev–Trinajstić information content (AvgIpc) is 3.11. The Labute approximate surface area is 203 Å². The molecule has 5 aromatic rings. The van der Waals surface area contributed by atoms with Crippen molar-refractivity contribution in [3.05, 3.63) is 78.0 Å². The highest BCUT2D eigenvalue weighted by molar-refractivity contribution is 6.70. The lowest BCUT2D eigenvalue weighted by molar-refractivity contribution is -0.535. The molecule has 34 heavy (non-hydrogen) atoms. The molecule has 1 aliphatic heterocycles. The number of benzene rings is 3. The lowest BCUT2D eigenvalue weighted by Crippen LogP contribution is -2.67. The van der Waals surface area contributed by atoms with Gasteiger partial charge in [0.1, 0.15) is 6.20 Å². The van der Waals surface area contributed by atoms with Crippen LogP contribution in [-0.2, 0) is 10.8 Å². The number of pyridine rings is 1. The highest BCUT2D eigenvalue weighted by atomic mass is 15.1. The third-order valence-electron chi connectivity index (χ3n) is 8.09. The summed E-state index contributed by atoms with van der Waals surface area (Å²) in [5, 5.41) is 5.40. The quantitative estimate of drug-likeness (QED) is 0.214. The molecular weight excluding hydrogens is 411 g/mol. The monoisotopic (exact) mass is 446 g/mol. The Balaban J connectivity index is 1.88. The van der Waals surface area contributed by atoms with Crippen molar-refractivity contribution in [3.63, 3.8) is 0 Å². The lowest BCUT2D eigenvalue weighted by atomic mass is 9.49. The van der Waals surface area contributed by atoms with Crippen LogP contribution in [0, 0.1) is 0 Å². The molecule has 2 nitrogen and oxygen atoms in total. The molecule has 0 radical (unpaired) electrons. The van der Waals surface area contributed by atoms with Crippen LogP contribution < -0.4 is 4.48 Å². The third kappa shape index (κ3) is 2.79. The Bertz CT molecular complexity index is 1640. The summed E-state index contributed by atoms with van der Waals surface area (Å²) in [6.45, 7) is 18.7. The van der Waals surface area contributed by atoms with Gasteiger partial charge >= 0.3 is 6.42 Å². The fraction of sp³-hybridized carbons (Fsp3) is 0.323. The van der Waals surface area contributed by atoms with E-state index in [1.54, 1.807) is 0 Å². The van der Waals surface area contributed by atoms with Gasteiger partial charge in [0.15, 0.2) is 5.69 Å². The molecule has 1 aliphatic rings. The van der Waals surface area contributed by atoms with Gasteiger partial charge in [0.25, 0.3) is 0 Å². The first-order valence-electron chi connectivity index (χ1n) is 12.7. The molecule has 6 rings (SSSR count). The van der Waals surface area contributed by atoms with Gasteiger partial charge in [-0.1, -0.05) is 65.8 Å². The second-order valence-corrected chi connectivity index (χ2v) is 12.9. The summed E-state index contributed by atoms with van der Waals surface area (Å²) in [7, 11) is 0. The summed E-state index contributed by atoms with van der Waals surface area (Å²) in [5.41, 5.74) is 8.39. The topological polar surface area (TPSA) is 8.81 Å². The Morgan fingerprint density at radius 2 is 1.38 bits per heavy atom. The first-order valence-corrected chi connectivity index (χ1v) is 12.7. The normalized spacial score (nSPS) is 15.3. The molecular formula is C31H35BN2. The van der Waals surface area contributed by atoms with Crippen LogP contribution in [0.5, 0.6) is 0 Å². The van der Waals surface area contributed by atoms with Crippen molar-refractivity contribution in [1.29, 1.82) is 0 Å². The van der Waals surface area contributed by atoms with Crippen LogP contribution in [0.15, 0.2) is 66.9 Å². The Morgan fingerprint density at radius 3 is 2.09 bits per heavy atom. The molecule has 3 heteroatoms. The Morgan fingerprint density at radius 1 is 0.706 bits per heavy atom. The number of hydrogen-bond donors (Lipinski definition) is 0. The van der Waals surface area contributed by atoms with Crippen LogP contribution in [0.4, 0.5) is 0 Å². The van der Waals surface area contributed by atoms with E-state index in [9.17, 15) is 0 Å². The molecule has 172 valence electrons. The molecule has 0 bridgehead atoms. The Kier molecular flexibility index (Phi) is 4.13. The zero-order valence-corrected chi connectivity index (χ0v) is 21.8. The van der Waals surface area contributed by atoms with E-state index < -0.39 is 6.42 Å². The van der Waals surface area contributed by atoms with Crippen LogP contribution in [0.3, 0.4) is 0 Å². The highest BCUT2D eigenvalue weighted by Gasteiger charge is 2.40. The fourth-order valence-electron chi connectivity index (χ4n) is 6.09. The van der Waals surface area contributed by atoms with E-state index in [0.29, 0.717) is 0 Å². The van der Waals surface area contributed by atoms with E-state index in [1.165, 1.54) is 55.0 Å². The molecule has 3 aromatic carbocycles. The van der Waals surface area contributed by atoms with E-state index in [4.69, 9.17) is 0 Å². The van der Waals surface area contributed by atoms with Crippen LogP contribution in [0.1, 0.15) is 52.7 Å². The zero-order valence-electron chi connectivity index (χ0n) is 21.8. The molecule has 0 aliphatic carbocycles. The summed E-state index contributed by atoms with van der Waals surface area (Å²) in [6, 6.07) is 23.2. The van der Waals surface area contributed by atoms with Crippen LogP contribution in [0.2, 0.25) is 13.6 Å². The average molecular weight is 446 g/mol. The lowest BCUT2D eigenvalue weighted by Gasteiger charge is -2.37. The maximum atomic E-state index is 2.64. The van der Waals surface area contributed by atoms with Crippen molar-refractivity contribution in [2.75, 3.05) is 0 Å². The first kappa shape index (κ1) is 21.5. The van der Waals surface area contributed by atoms with E-state index in [-0.39, 0.29) is 10.8 Å². The Hall–Kier alpha value is -3.07. The molecule has 0 fully saturated rings. The summed E-state index contributed by atoms with van der Waals surface area (Å²) in [5.74, 6) is 0. The molecule has 0 saturated heterocycles. The van der Waals surface area contributed by atoms with Gasteiger partial charge in [-0.15, -0.1) is 13.6 Å². The molecule has 0 amide bonds. The van der Waals surface area contributed by atoms with Crippen LogP contribution in [0.25, 0.3) is 43.8 Å². The van der Waals surface area contributed by atoms with Gasteiger partial charge in [-0.3, -0.25) is 0 Å². The minimum atomic E-state index is -1.07. The van der Waals surface area contributed by atoms with E-state index in [1.807, 2.05) is 0 Å². The van der Waals surface area contributed by atoms with Gasteiger partial charge in [0.2, 0.25) is 0 Å². The van der Waals surface area contributed by atoms with Crippen molar-refractivity contribution in [3.8, 4) is 11.3 Å². The molecule has 0 N–H and O–H groups in total. The second kappa shape index (κ2) is 6.53. The highest BCUT2D eigenvalue weighted by Crippen LogP contribution is 2.44. The standard InChI is InChI=1S/C31H35BN2/c1-30(2,3)21-13-14-27-24(17-21)25-18-22(31(4,5)6)19-26-28-23-12-10-9-11-20(23)15-16-33(28)32(7,8)34(27)29(25)26/h9-19H,1-8H3. The zero-order chi connectivity index (χ0) is 24.2. The van der Waals surface area contributed by atoms with Crippen molar-refractivity contribution in [1.82, 2.24) is 4.48 Å². The van der Waals surface area contributed by atoms with Gasteiger partial charge in [-0.2, -0.15) is 0 Å². The van der Waals surface area contributed by atoms with Crippen LogP contribution >= 0.6 is 0 Å². The van der Waals surface area contributed by atoms with Gasteiger partial charge in [0, 0.05) is 33.3 Å². The second-order valence-electron chi connectivity index (χ2n) is 12.9. The van der Waals surface area contributed by atoms with Gasteiger partial charge in [0.05, 0.1) is 5.56 Å². The van der Waals surface area contributed by atoms with Gasteiger partial charge < -0.3 is 8.96 Å². The smallest absolute Gasteiger partial charge is 0.373 e. The molecule has 0 unspecified atom stereocenters. The largest absolute Gasteiger partial charge is 0.454 e. The van der Waals surface area contributed by atoms with Gasteiger partial charge in [-0.05, 0) is 57.7 Å². The summed E-state index contributed by atoms with van der Waals surface area (Å²) >= 11 is 0. The van der Waals surface area contributed by atoms with Crippen molar-refractivity contribution in [2.45, 2.75) is 66.0 Å². The summed E-state index contributed by atoms with van der Waals surface area (Å²) in [6.07, 6.45) is 1.24. The third-order valence-corrected chi connectivity index (χ3v) is 8.09. The molecule has 3 heterocycles. The summed E-state index contributed by atoms with van der Waals surface area (Å²) < 4.78 is 5.19. The minimum absolute atomic E-state index is 0.0638. The SMILES string of the molecule is C[B-]1(C)n2c3ccc(C(C)(C)C)cc3c3cc(C(C)(C)C)cc(c32)-c2c3ccccc3cc[n+]21. The van der Waals surface area contributed by atoms with Crippen molar-refractivity contribution >= 4 is 39.0 Å². The predicted octanol–water partition coefficient (Wildman–Crippen LogP) is 7.91. The minimum Gasteiger partial charge on any atom is -0.454 e. The number of nitrogens with zero attached hydrogens (tertiary/aromatic N) is 2. The van der Waals surface area contributed by atoms with Gasteiger partial charge in [-0.25, -0.2) is 0 Å². The molecule has 0 spiro atoms.